The van der Waals surface area contributed by atoms with E-state index >= 15 is 0 Å². The Morgan fingerprint density at radius 2 is 2.14 bits per heavy atom. The zero-order chi connectivity index (χ0) is 16.2. The van der Waals surface area contributed by atoms with Crippen molar-refractivity contribution in [3.05, 3.63) is 23.8 Å². The first kappa shape index (κ1) is 17.5. The minimum absolute atomic E-state index is 0.172. The number of rotatable bonds is 6. The van der Waals surface area contributed by atoms with Crippen LogP contribution in [0.25, 0.3) is 0 Å². The summed E-state index contributed by atoms with van der Waals surface area (Å²) >= 11 is 1.21. The maximum atomic E-state index is 13.2. The van der Waals surface area contributed by atoms with Crippen LogP contribution in [0.5, 0.6) is 5.75 Å². The molecule has 2 nitrogen and oxygen atoms in total. The Bertz CT molecular complexity index is 483. The van der Waals surface area contributed by atoms with E-state index in [-0.39, 0.29) is 10.6 Å². The first-order chi connectivity index (χ1) is 10.4. The molecular weight excluding hydrogens is 313 g/mol. The highest BCUT2D eigenvalue weighted by atomic mass is 32.2. The molecule has 124 valence electrons. The molecule has 1 aliphatic heterocycles. The summed E-state index contributed by atoms with van der Waals surface area (Å²) in [5.74, 6) is 1.36. The Balaban J connectivity index is 2.21. The standard InChI is InChI=1S/C16H21F3O2S/c1-11(2)8-10-22-15-12(16(17,18)19)5-3-6-13(15)21-14-7-4-9-20-14/h3,5-6,11,14H,4,7-10H2,1-2H3. The lowest BCUT2D eigenvalue weighted by Crippen LogP contribution is -2.16. The van der Waals surface area contributed by atoms with E-state index in [1.54, 1.807) is 6.07 Å². The van der Waals surface area contributed by atoms with Crippen LogP contribution in [-0.2, 0) is 10.9 Å². The second-order valence-electron chi connectivity index (χ2n) is 5.72. The molecule has 1 saturated heterocycles. The van der Waals surface area contributed by atoms with Crippen molar-refractivity contribution >= 4 is 11.8 Å². The van der Waals surface area contributed by atoms with Crippen LogP contribution in [0.4, 0.5) is 13.2 Å². The van der Waals surface area contributed by atoms with Crippen molar-refractivity contribution in [2.75, 3.05) is 12.4 Å². The lowest BCUT2D eigenvalue weighted by Gasteiger charge is -2.19. The van der Waals surface area contributed by atoms with Gasteiger partial charge in [0.25, 0.3) is 0 Å². The van der Waals surface area contributed by atoms with Crippen LogP contribution < -0.4 is 4.74 Å². The predicted octanol–water partition coefficient (Wildman–Crippen LogP) is 5.36. The molecule has 0 N–H and O–H groups in total. The molecule has 1 aliphatic rings. The number of halogens is 3. The molecule has 1 unspecified atom stereocenters. The van der Waals surface area contributed by atoms with E-state index in [9.17, 15) is 13.2 Å². The van der Waals surface area contributed by atoms with E-state index in [0.29, 0.717) is 24.7 Å². The lowest BCUT2D eigenvalue weighted by molar-refractivity contribution is -0.140. The van der Waals surface area contributed by atoms with Gasteiger partial charge in [0.05, 0.1) is 17.1 Å². The molecule has 0 amide bonds. The van der Waals surface area contributed by atoms with Crippen molar-refractivity contribution in [3.8, 4) is 5.75 Å². The van der Waals surface area contributed by atoms with Gasteiger partial charge in [0.2, 0.25) is 0 Å². The molecule has 2 rings (SSSR count). The number of hydrogen-bond donors (Lipinski definition) is 0. The van der Waals surface area contributed by atoms with Crippen LogP contribution in [0.2, 0.25) is 0 Å². The fourth-order valence-corrected chi connectivity index (χ4v) is 3.55. The summed E-state index contributed by atoms with van der Waals surface area (Å²) in [7, 11) is 0. The van der Waals surface area contributed by atoms with E-state index in [0.717, 1.165) is 18.9 Å². The molecule has 0 saturated carbocycles. The monoisotopic (exact) mass is 334 g/mol. The number of ether oxygens (including phenoxy) is 2. The molecule has 1 heterocycles. The summed E-state index contributed by atoms with van der Waals surface area (Å²) in [6.45, 7) is 4.71. The molecule has 0 spiro atoms. The van der Waals surface area contributed by atoms with Crippen molar-refractivity contribution in [3.63, 3.8) is 0 Å². The van der Waals surface area contributed by atoms with Gasteiger partial charge in [-0.2, -0.15) is 13.2 Å². The van der Waals surface area contributed by atoms with Gasteiger partial charge in [-0.15, -0.1) is 11.8 Å². The van der Waals surface area contributed by atoms with Crippen molar-refractivity contribution in [1.82, 2.24) is 0 Å². The molecule has 0 radical (unpaired) electrons. The topological polar surface area (TPSA) is 18.5 Å². The molecule has 1 aromatic carbocycles. The van der Waals surface area contributed by atoms with Gasteiger partial charge in [-0.3, -0.25) is 0 Å². The maximum absolute atomic E-state index is 13.2. The largest absolute Gasteiger partial charge is 0.464 e. The van der Waals surface area contributed by atoms with E-state index in [4.69, 9.17) is 9.47 Å². The Hall–Kier alpha value is -0.880. The third-order valence-corrected chi connectivity index (χ3v) is 4.52. The van der Waals surface area contributed by atoms with Gasteiger partial charge in [0, 0.05) is 6.42 Å². The van der Waals surface area contributed by atoms with Gasteiger partial charge in [-0.25, -0.2) is 0 Å². The Morgan fingerprint density at radius 1 is 1.36 bits per heavy atom. The Kier molecular flexibility index (Phi) is 6.03. The highest BCUT2D eigenvalue weighted by molar-refractivity contribution is 7.99. The number of alkyl halides is 3. The molecule has 1 aromatic rings. The predicted molar refractivity (Wildman–Crippen MR) is 81.2 cm³/mol. The summed E-state index contributed by atoms with van der Waals surface area (Å²) < 4.78 is 50.7. The number of benzene rings is 1. The SMILES string of the molecule is CC(C)CCSc1c(OC2CCCO2)cccc1C(F)(F)F. The van der Waals surface area contributed by atoms with Crippen LogP contribution in [0.1, 0.15) is 38.7 Å². The smallest absolute Gasteiger partial charge is 0.417 e. The summed E-state index contributed by atoms with van der Waals surface area (Å²) in [6, 6.07) is 4.09. The van der Waals surface area contributed by atoms with Crippen LogP contribution in [0.3, 0.4) is 0 Å². The fraction of sp³-hybridized carbons (Fsp3) is 0.625. The summed E-state index contributed by atoms with van der Waals surface area (Å²) in [4.78, 5) is 0.172. The average molecular weight is 334 g/mol. The van der Waals surface area contributed by atoms with Crippen molar-refractivity contribution in [2.24, 2.45) is 5.92 Å². The summed E-state index contributed by atoms with van der Waals surface area (Å²) in [5, 5.41) is 0. The number of hydrogen-bond acceptors (Lipinski definition) is 3. The highest BCUT2D eigenvalue weighted by Gasteiger charge is 2.35. The van der Waals surface area contributed by atoms with Gasteiger partial charge in [0.1, 0.15) is 5.75 Å². The van der Waals surface area contributed by atoms with Crippen molar-refractivity contribution in [1.29, 1.82) is 0 Å². The van der Waals surface area contributed by atoms with E-state index in [1.165, 1.54) is 17.8 Å². The Morgan fingerprint density at radius 3 is 2.73 bits per heavy atom. The average Bonchev–Trinajstić information content (AvgIpc) is 2.91. The van der Waals surface area contributed by atoms with Crippen molar-refractivity contribution in [2.45, 2.75) is 50.5 Å². The molecule has 0 aromatic heterocycles. The second-order valence-corrected chi connectivity index (χ2v) is 6.83. The second kappa shape index (κ2) is 7.59. The number of thioether (sulfide) groups is 1. The van der Waals surface area contributed by atoms with Gasteiger partial charge in [0.15, 0.2) is 6.29 Å². The molecule has 1 atom stereocenters. The van der Waals surface area contributed by atoms with Crippen LogP contribution in [0.15, 0.2) is 23.1 Å². The quantitative estimate of drug-likeness (QED) is 0.653. The summed E-state index contributed by atoms with van der Waals surface area (Å²) in [6.07, 6.45) is -2.37. The maximum Gasteiger partial charge on any atom is 0.417 e. The normalized spacial score (nSPS) is 18.9. The van der Waals surface area contributed by atoms with Crippen molar-refractivity contribution < 1.29 is 22.6 Å². The first-order valence-corrected chi connectivity index (χ1v) is 8.47. The fourth-order valence-electron chi connectivity index (χ4n) is 2.16. The lowest BCUT2D eigenvalue weighted by atomic mass is 10.2. The first-order valence-electron chi connectivity index (χ1n) is 7.49. The van der Waals surface area contributed by atoms with Gasteiger partial charge >= 0.3 is 6.18 Å². The molecule has 0 aliphatic carbocycles. The van der Waals surface area contributed by atoms with Gasteiger partial charge in [-0.05, 0) is 36.6 Å². The third kappa shape index (κ3) is 4.81. The van der Waals surface area contributed by atoms with Crippen LogP contribution >= 0.6 is 11.8 Å². The molecule has 1 fully saturated rings. The molecule has 6 heteroatoms. The van der Waals surface area contributed by atoms with E-state index < -0.39 is 18.0 Å². The molecule has 22 heavy (non-hydrogen) atoms. The summed E-state index contributed by atoms with van der Waals surface area (Å²) in [5.41, 5.74) is -0.628. The van der Waals surface area contributed by atoms with E-state index in [1.807, 2.05) is 0 Å². The zero-order valence-corrected chi connectivity index (χ0v) is 13.6. The zero-order valence-electron chi connectivity index (χ0n) is 12.8. The minimum atomic E-state index is -4.38. The van der Waals surface area contributed by atoms with Crippen LogP contribution in [-0.4, -0.2) is 18.6 Å². The highest BCUT2D eigenvalue weighted by Crippen LogP contribution is 2.42. The minimum Gasteiger partial charge on any atom is -0.464 e. The van der Waals surface area contributed by atoms with E-state index in [2.05, 4.69) is 13.8 Å². The molecular formula is C16H21F3O2S. The van der Waals surface area contributed by atoms with Gasteiger partial charge < -0.3 is 9.47 Å². The Labute approximate surface area is 133 Å². The van der Waals surface area contributed by atoms with Crippen LogP contribution in [0, 0.1) is 5.92 Å². The van der Waals surface area contributed by atoms with Gasteiger partial charge in [-0.1, -0.05) is 19.9 Å². The molecule has 0 bridgehead atoms. The third-order valence-electron chi connectivity index (χ3n) is 3.37.